The highest BCUT2D eigenvalue weighted by atomic mass is 16.5. The maximum atomic E-state index is 11.4. The van der Waals surface area contributed by atoms with Crippen LogP contribution in [0.25, 0.3) is 0 Å². The molecule has 1 aromatic carbocycles. The first-order valence-corrected chi connectivity index (χ1v) is 5.38. The number of hydrogen-bond acceptors (Lipinski definition) is 3. The van der Waals surface area contributed by atoms with Crippen molar-refractivity contribution in [3.05, 3.63) is 42.0 Å². The van der Waals surface area contributed by atoms with Crippen LogP contribution in [-0.2, 0) is 9.59 Å². The van der Waals surface area contributed by atoms with Crippen LogP contribution in [0.1, 0.15) is 18.5 Å². The molecule has 0 aliphatic carbocycles. The highest BCUT2D eigenvalue weighted by Gasteiger charge is 2.07. The number of methoxy groups -OCH3 is 1. The summed E-state index contributed by atoms with van der Waals surface area (Å²) in [4.78, 5) is 21.6. The van der Waals surface area contributed by atoms with Crippen molar-refractivity contribution >= 4 is 11.9 Å². The number of ether oxygens (including phenoxy) is 1. The monoisotopic (exact) mass is 249 g/mol. The third kappa shape index (κ3) is 4.29. The summed E-state index contributed by atoms with van der Waals surface area (Å²) in [6.45, 7) is 1.81. The molecule has 5 heteroatoms. The number of aliphatic carboxylic acids is 1. The molecule has 0 saturated carbocycles. The first kappa shape index (κ1) is 13.8. The van der Waals surface area contributed by atoms with Crippen LogP contribution in [0.2, 0.25) is 0 Å². The molecule has 1 unspecified atom stereocenters. The first-order valence-electron chi connectivity index (χ1n) is 5.38. The third-order valence-corrected chi connectivity index (χ3v) is 2.35. The first-order chi connectivity index (χ1) is 8.52. The molecule has 0 heterocycles. The van der Waals surface area contributed by atoms with E-state index < -0.39 is 11.9 Å². The van der Waals surface area contributed by atoms with Gasteiger partial charge in [-0.15, -0.1) is 0 Å². The Morgan fingerprint density at radius 1 is 1.28 bits per heavy atom. The number of benzene rings is 1. The van der Waals surface area contributed by atoms with Crippen molar-refractivity contribution in [1.82, 2.24) is 5.32 Å². The van der Waals surface area contributed by atoms with Gasteiger partial charge in [0, 0.05) is 12.2 Å². The maximum absolute atomic E-state index is 11.4. The zero-order chi connectivity index (χ0) is 13.5. The number of carboxylic acids is 1. The van der Waals surface area contributed by atoms with E-state index in [9.17, 15) is 9.59 Å². The van der Waals surface area contributed by atoms with Gasteiger partial charge in [0.05, 0.1) is 13.2 Å². The van der Waals surface area contributed by atoms with Gasteiger partial charge in [-0.2, -0.15) is 0 Å². The van der Waals surface area contributed by atoms with Crippen LogP contribution in [0.3, 0.4) is 0 Å². The van der Waals surface area contributed by atoms with Crippen molar-refractivity contribution in [2.75, 3.05) is 7.11 Å². The van der Waals surface area contributed by atoms with Gasteiger partial charge in [0.1, 0.15) is 5.75 Å². The van der Waals surface area contributed by atoms with Crippen molar-refractivity contribution in [1.29, 1.82) is 0 Å². The zero-order valence-electron chi connectivity index (χ0n) is 10.2. The molecular weight excluding hydrogens is 234 g/mol. The van der Waals surface area contributed by atoms with Gasteiger partial charge in [-0.05, 0) is 24.6 Å². The normalized spacial score (nSPS) is 12.1. The largest absolute Gasteiger partial charge is 0.497 e. The molecule has 0 bridgehead atoms. The molecule has 0 aliphatic heterocycles. The molecule has 1 rings (SSSR count). The number of rotatable bonds is 5. The number of nitrogens with one attached hydrogen (secondary N) is 1. The molecule has 2 N–H and O–H groups in total. The number of hydrogen-bond donors (Lipinski definition) is 2. The molecule has 0 aromatic heterocycles. The van der Waals surface area contributed by atoms with Crippen LogP contribution in [0.15, 0.2) is 36.4 Å². The zero-order valence-corrected chi connectivity index (χ0v) is 10.2. The average molecular weight is 249 g/mol. The second-order valence-corrected chi connectivity index (χ2v) is 3.68. The minimum Gasteiger partial charge on any atom is -0.497 e. The summed E-state index contributed by atoms with van der Waals surface area (Å²) in [5.41, 5.74) is 0.910. The molecule has 0 aliphatic rings. The fourth-order valence-electron chi connectivity index (χ4n) is 1.38. The summed E-state index contributed by atoms with van der Waals surface area (Å²) < 4.78 is 5.03. The van der Waals surface area contributed by atoms with Gasteiger partial charge in [-0.3, -0.25) is 4.79 Å². The maximum Gasteiger partial charge on any atom is 0.328 e. The van der Waals surface area contributed by atoms with Gasteiger partial charge in [-0.1, -0.05) is 12.1 Å². The standard InChI is InChI=1S/C13H15NO4/c1-9(14-12(15)7-8-13(16)17)10-3-5-11(18-2)6-4-10/h3-9H,1-2H3,(H,14,15)(H,16,17)/b8-7-. The number of carbonyl (C=O) groups excluding carboxylic acids is 1. The van der Waals surface area contributed by atoms with E-state index in [1.54, 1.807) is 19.2 Å². The molecular formula is C13H15NO4. The Balaban J connectivity index is 2.61. The summed E-state index contributed by atoms with van der Waals surface area (Å²) in [6, 6.07) is 7.06. The summed E-state index contributed by atoms with van der Waals surface area (Å²) in [6.07, 6.45) is 1.79. The quantitative estimate of drug-likeness (QED) is 0.776. The van der Waals surface area contributed by atoms with Gasteiger partial charge in [0.2, 0.25) is 5.91 Å². The lowest BCUT2D eigenvalue weighted by atomic mass is 10.1. The second-order valence-electron chi connectivity index (χ2n) is 3.68. The molecule has 18 heavy (non-hydrogen) atoms. The van der Waals surface area contributed by atoms with Crippen LogP contribution >= 0.6 is 0 Å². The fraction of sp³-hybridized carbons (Fsp3) is 0.231. The topological polar surface area (TPSA) is 75.6 Å². The minimum absolute atomic E-state index is 0.207. The van der Waals surface area contributed by atoms with Crippen LogP contribution in [0.5, 0.6) is 5.75 Å². The Kier molecular flexibility index (Phi) is 4.92. The van der Waals surface area contributed by atoms with Gasteiger partial charge in [-0.25, -0.2) is 4.79 Å². The van der Waals surface area contributed by atoms with Crippen molar-refractivity contribution in [3.8, 4) is 5.75 Å². The molecule has 0 radical (unpaired) electrons. The van der Waals surface area contributed by atoms with Crippen LogP contribution in [0, 0.1) is 0 Å². The number of amides is 1. The van der Waals surface area contributed by atoms with Gasteiger partial charge in [0.15, 0.2) is 0 Å². The molecule has 96 valence electrons. The second kappa shape index (κ2) is 6.44. The van der Waals surface area contributed by atoms with E-state index >= 15 is 0 Å². The SMILES string of the molecule is COc1ccc(C(C)NC(=O)/C=C\C(=O)O)cc1. The number of carbonyl (C=O) groups is 2. The minimum atomic E-state index is -1.15. The molecule has 1 aromatic rings. The molecule has 0 fully saturated rings. The Morgan fingerprint density at radius 3 is 2.39 bits per heavy atom. The Morgan fingerprint density at radius 2 is 1.89 bits per heavy atom. The van der Waals surface area contributed by atoms with E-state index in [-0.39, 0.29) is 6.04 Å². The molecule has 1 amide bonds. The summed E-state index contributed by atoms with van der Waals surface area (Å²) in [5.74, 6) is -0.856. The van der Waals surface area contributed by atoms with Crippen LogP contribution in [-0.4, -0.2) is 24.1 Å². The lowest BCUT2D eigenvalue weighted by Crippen LogP contribution is -2.24. The Labute approximate surface area is 105 Å². The van der Waals surface area contributed by atoms with E-state index in [1.807, 2.05) is 19.1 Å². The molecule has 0 spiro atoms. The van der Waals surface area contributed by atoms with Crippen molar-refractivity contribution in [3.63, 3.8) is 0 Å². The van der Waals surface area contributed by atoms with Gasteiger partial charge in [0.25, 0.3) is 0 Å². The average Bonchev–Trinajstić information content (AvgIpc) is 2.36. The smallest absolute Gasteiger partial charge is 0.328 e. The molecule has 0 saturated heterocycles. The van der Waals surface area contributed by atoms with Crippen molar-refractivity contribution in [2.24, 2.45) is 0 Å². The fourth-order valence-corrected chi connectivity index (χ4v) is 1.38. The van der Waals surface area contributed by atoms with Crippen molar-refractivity contribution < 1.29 is 19.4 Å². The Bertz CT molecular complexity index is 451. The molecule has 1 atom stereocenters. The van der Waals surface area contributed by atoms with E-state index in [0.29, 0.717) is 0 Å². The highest BCUT2D eigenvalue weighted by molar-refractivity contribution is 5.94. The summed E-state index contributed by atoms with van der Waals surface area (Å²) in [5, 5.41) is 11.0. The van der Waals surface area contributed by atoms with Crippen LogP contribution in [0.4, 0.5) is 0 Å². The Hall–Kier alpha value is -2.30. The van der Waals surface area contributed by atoms with Crippen LogP contribution < -0.4 is 10.1 Å². The van der Waals surface area contributed by atoms with Gasteiger partial charge < -0.3 is 15.2 Å². The summed E-state index contributed by atoms with van der Waals surface area (Å²) >= 11 is 0. The highest BCUT2D eigenvalue weighted by Crippen LogP contribution is 2.16. The lowest BCUT2D eigenvalue weighted by molar-refractivity contribution is -0.131. The van der Waals surface area contributed by atoms with Gasteiger partial charge >= 0.3 is 5.97 Å². The van der Waals surface area contributed by atoms with E-state index in [1.165, 1.54) is 0 Å². The van der Waals surface area contributed by atoms with Crippen molar-refractivity contribution in [2.45, 2.75) is 13.0 Å². The predicted octanol–water partition coefficient (Wildman–Crippen LogP) is 1.51. The molecule has 5 nitrogen and oxygen atoms in total. The van der Waals surface area contributed by atoms with E-state index in [4.69, 9.17) is 9.84 Å². The van der Waals surface area contributed by atoms with E-state index in [2.05, 4.69) is 5.32 Å². The lowest BCUT2D eigenvalue weighted by Gasteiger charge is -2.13. The van der Waals surface area contributed by atoms with E-state index in [0.717, 1.165) is 23.5 Å². The number of carboxylic acid groups (broad SMARTS) is 1. The third-order valence-electron chi connectivity index (χ3n) is 2.35. The summed E-state index contributed by atoms with van der Waals surface area (Å²) in [7, 11) is 1.58. The predicted molar refractivity (Wildman–Crippen MR) is 66.3 cm³/mol.